The first-order valence-electron chi connectivity index (χ1n) is 9.46. The molecule has 2 aromatic carbocycles. The first kappa shape index (κ1) is 22.0. The molecule has 0 aliphatic carbocycles. The van der Waals surface area contributed by atoms with Crippen LogP contribution in [0.5, 0.6) is 11.5 Å². The lowest BCUT2D eigenvalue weighted by Crippen LogP contribution is -2.30. The van der Waals surface area contributed by atoms with Crippen molar-refractivity contribution in [2.75, 3.05) is 18.7 Å². The summed E-state index contributed by atoms with van der Waals surface area (Å²) < 4.78 is 41.9. The molecule has 2 N–H and O–H groups in total. The first-order valence-corrected chi connectivity index (χ1v) is 9.46. The fourth-order valence-corrected chi connectivity index (χ4v) is 2.73. The van der Waals surface area contributed by atoms with Gasteiger partial charge in [-0.05, 0) is 37.6 Å². The summed E-state index contributed by atoms with van der Waals surface area (Å²) in [6.07, 6.45) is -0.890. The van der Waals surface area contributed by atoms with Crippen molar-refractivity contribution in [3.8, 4) is 11.5 Å². The zero-order valence-corrected chi connectivity index (χ0v) is 16.6. The van der Waals surface area contributed by atoms with Crippen molar-refractivity contribution in [1.29, 1.82) is 0 Å². The molecule has 3 rings (SSSR count). The number of esters is 1. The number of ether oxygens (including phenoxy) is 3. The summed E-state index contributed by atoms with van der Waals surface area (Å²) in [5.41, 5.74) is 0.172. The monoisotopic (exact) mass is 434 g/mol. The highest BCUT2D eigenvalue weighted by molar-refractivity contribution is 5.95. The maximum absolute atomic E-state index is 13.6. The van der Waals surface area contributed by atoms with Crippen molar-refractivity contribution in [2.45, 2.75) is 25.9 Å². The third-order valence-corrected chi connectivity index (χ3v) is 4.34. The molecule has 1 aliphatic heterocycles. The van der Waals surface area contributed by atoms with Crippen LogP contribution >= 0.6 is 0 Å². The molecule has 0 bridgehead atoms. The van der Waals surface area contributed by atoms with E-state index in [0.717, 1.165) is 12.1 Å². The smallest absolute Gasteiger partial charge is 0.306 e. The quantitative estimate of drug-likeness (QED) is 0.489. The van der Waals surface area contributed by atoms with Gasteiger partial charge in [0.25, 0.3) is 11.8 Å². The molecule has 0 saturated carbocycles. The van der Waals surface area contributed by atoms with Gasteiger partial charge in [0, 0.05) is 30.8 Å². The van der Waals surface area contributed by atoms with Gasteiger partial charge in [0.05, 0.1) is 5.56 Å². The lowest BCUT2D eigenvalue weighted by molar-refractivity contribution is -0.153. The van der Waals surface area contributed by atoms with Crippen LogP contribution in [-0.4, -0.2) is 37.2 Å². The van der Waals surface area contributed by atoms with E-state index in [1.807, 2.05) is 0 Å². The minimum atomic E-state index is -1.04. The van der Waals surface area contributed by atoms with Crippen LogP contribution in [0.25, 0.3) is 0 Å². The van der Waals surface area contributed by atoms with E-state index in [0.29, 0.717) is 23.3 Å². The molecule has 8 nitrogen and oxygen atoms in total. The summed E-state index contributed by atoms with van der Waals surface area (Å²) in [5.74, 6) is -2.55. The van der Waals surface area contributed by atoms with Gasteiger partial charge < -0.3 is 24.8 Å². The van der Waals surface area contributed by atoms with Crippen molar-refractivity contribution in [1.82, 2.24) is 5.32 Å². The molecule has 0 spiro atoms. The minimum Gasteiger partial charge on any atom is -0.454 e. The predicted octanol–water partition coefficient (Wildman–Crippen LogP) is 2.77. The van der Waals surface area contributed by atoms with Crippen LogP contribution in [0.15, 0.2) is 36.4 Å². The van der Waals surface area contributed by atoms with Gasteiger partial charge in [-0.25, -0.2) is 8.78 Å². The van der Waals surface area contributed by atoms with Crippen molar-refractivity contribution in [2.24, 2.45) is 0 Å². The van der Waals surface area contributed by atoms with Crippen LogP contribution in [0.4, 0.5) is 14.5 Å². The number of halogens is 2. The highest BCUT2D eigenvalue weighted by Crippen LogP contribution is 2.34. The summed E-state index contributed by atoms with van der Waals surface area (Å²) in [6, 6.07) is 7.51. The molecule has 164 valence electrons. The summed E-state index contributed by atoms with van der Waals surface area (Å²) in [5, 5.41) is 5.05. The number of carbonyl (C=O) groups is 3. The van der Waals surface area contributed by atoms with Gasteiger partial charge >= 0.3 is 5.97 Å². The molecule has 31 heavy (non-hydrogen) atoms. The molecule has 0 radical (unpaired) electrons. The minimum absolute atomic E-state index is 0.0617. The Balaban J connectivity index is 1.37. The molecule has 0 fully saturated rings. The second-order valence-corrected chi connectivity index (χ2v) is 6.67. The zero-order valence-electron chi connectivity index (χ0n) is 16.6. The summed E-state index contributed by atoms with van der Waals surface area (Å²) >= 11 is 0. The highest BCUT2D eigenvalue weighted by Gasteiger charge is 2.20. The highest BCUT2D eigenvalue weighted by atomic mass is 19.1. The largest absolute Gasteiger partial charge is 0.454 e. The Morgan fingerprint density at radius 1 is 1.10 bits per heavy atom. The van der Waals surface area contributed by atoms with Gasteiger partial charge in [-0.2, -0.15) is 0 Å². The molecule has 2 aromatic rings. The molecule has 1 unspecified atom stereocenters. The van der Waals surface area contributed by atoms with E-state index in [1.165, 1.54) is 6.92 Å². The topological polar surface area (TPSA) is 103 Å². The van der Waals surface area contributed by atoms with E-state index in [2.05, 4.69) is 10.6 Å². The average Bonchev–Trinajstić information content (AvgIpc) is 3.18. The van der Waals surface area contributed by atoms with E-state index in [-0.39, 0.29) is 31.7 Å². The molecule has 1 heterocycles. The van der Waals surface area contributed by atoms with Crippen LogP contribution in [0.2, 0.25) is 0 Å². The summed E-state index contributed by atoms with van der Waals surface area (Å²) in [6.45, 7) is 1.61. The number of amides is 2. The van der Waals surface area contributed by atoms with Gasteiger partial charge in [0.15, 0.2) is 17.6 Å². The maximum Gasteiger partial charge on any atom is 0.306 e. The summed E-state index contributed by atoms with van der Waals surface area (Å²) in [4.78, 5) is 36.0. The number of nitrogens with one attached hydrogen (secondary N) is 2. The third kappa shape index (κ3) is 5.91. The zero-order chi connectivity index (χ0) is 22.4. The normalized spacial score (nSPS) is 12.7. The summed E-state index contributed by atoms with van der Waals surface area (Å²) in [7, 11) is 0. The Morgan fingerprint density at radius 3 is 2.65 bits per heavy atom. The predicted molar refractivity (Wildman–Crippen MR) is 105 cm³/mol. The van der Waals surface area contributed by atoms with E-state index >= 15 is 0 Å². The number of benzene rings is 2. The Labute approximate surface area is 176 Å². The lowest BCUT2D eigenvalue weighted by atomic mass is 10.2. The second kappa shape index (κ2) is 9.88. The molecule has 10 heteroatoms. The fraction of sp³-hybridized carbons (Fsp3) is 0.286. The van der Waals surface area contributed by atoms with Crippen LogP contribution in [0.3, 0.4) is 0 Å². The van der Waals surface area contributed by atoms with Gasteiger partial charge in [-0.15, -0.1) is 0 Å². The SMILES string of the molecule is CC(OC(=O)CCCNC(=O)c1ccc(F)cc1F)C(=O)Nc1ccc2c(c1)OCO2. The van der Waals surface area contributed by atoms with Crippen LogP contribution in [0, 0.1) is 11.6 Å². The molecule has 0 saturated heterocycles. The molecule has 2 amide bonds. The van der Waals surface area contributed by atoms with Crippen molar-refractivity contribution < 1.29 is 37.4 Å². The maximum atomic E-state index is 13.6. The first-order chi connectivity index (χ1) is 14.8. The Hall–Kier alpha value is -3.69. The molecular formula is C21H20F2N2O6. The van der Waals surface area contributed by atoms with Gasteiger partial charge in [0.2, 0.25) is 6.79 Å². The number of anilines is 1. The van der Waals surface area contributed by atoms with E-state index in [9.17, 15) is 23.2 Å². The Bertz CT molecular complexity index is 998. The van der Waals surface area contributed by atoms with Crippen molar-refractivity contribution in [3.05, 3.63) is 53.6 Å². The molecule has 1 atom stereocenters. The standard InChI is InChI=1S/C21H20F2N2O6/c1-12(20(27)25-14-5-7-17-18(10-14)30-11-29-17)31-19(26)3-2-8-24-21(28)15-6-4-13(22)9-16(15)23/h4-7,9-10,12H,2-3,8,11H2,1H3,(H,24,28)(H,25,27). The molecule has 1 aliphatic rings. The van der Waals surface area contributed by atoms with Crippen LogP contribution in [0.1, 0.15) is 30.1 Å². The molecule has 0 aromatic heterocycles. The van der Waals surface area contributed by atoms with E-state index in [4.69, 9.17) is 14.2 Å². The van der Waals surface area contributed by atoms with Gasteiger partial charge in [-0.3, -0.25) is 14.4 Å². The second-order valence-electron chi connectivity index (χ2n) is 6.67. The van der Waals surface area contributed by atoms with E-state index in [1.54, 1.807) is 18.2 Å². The third-order valence-electron chi connectivity index (χ3n) is 4.34. The Kier molecular flexibility index (Phi) is 7.01. The van der Waals surface area contributed by atoms with Crippen LogP contribution in [-0.2, 0) is 14.3 Å². The van der Waals surface area contributed by atoms with E-state index < -0.39 is 35.5 Å². The number of hydrogen-bond donors (Lipinski definition) is 2. The number of hydrogen-bond acceptors (Lipinski definition) is 6. The fourth-order valence-electron chi connectivity index (χ4n) is 2.73. The number of carbonyl (C=O) groups excluding carboxylic acids is 3. The lowest BCUT2D eigenvalue weighted by Gasteiger charge is -2.14. The van der Waals surface area contributed by atoms with Gasteiger partial charge in [-0.1, -0.05) is 0 Å². The molecular weight excluding hydrogens is 414 g/mol. The van der Waals surface area contributed by atoms with Gasteiger partial charge in [0.1, 0.15) is 11.6 Å². The van der Waals surface area contributed by atoms with Crippen molar-refractivity contribution >= 4 is 23.5 Å². The Morgan fingerprint density at radius 2 is 1.87 bits per heavy atom. The average molecular weight is 434 g/mol. The number of fused-ring (bicyclic) bond motifs is 1. The number of rotatable bonds is 8. The van der Waals surface area contributed by atoms with Crippen molar-refractivity contribution in [3.63, 3.8) is 0 Å². The van der Waals surface area contributed by atoms with Crippen LogP contribution < -0.4 is 20.1 Å².